The molecule has 0 unspecified atom stereocenters. The Morgan fingerprint density at radius 1 is 1.14 bits per heavy atom. The van der Waals surface area contributed by atoms with Crippen LogP contribution in [0, 0.1) is 0 Å². The lowest BCUT2D eigenvalue weighted by Crippen LogP contribution is -2.06. The molecule has 1 aromatic heterocycles. The zero-order valence-corrected chi connectivity index (χ0v) is 12.8. The van der Waals surface area contributed by atoms with Crippen molar-refractivity contribution in [3.8, 4) is 5.75 Å². The van der Waals surface area contributed by atoms with Gasteiger partial charge in [0.2, 0.25) is 0 Å². The summed E-state index contributed by atoms with van der Waals surface area (Å²) in [5.74, 6) is 0.871. The van der Waals surface area contributed by atoms with E-state index in [-0.39, 0.29) is 0 Å². The van der Waals surface area contributed by atoms with Crippen LogP contribution in [0.15, 0.2) is 59.8 Å². The van der Waals surface area contributed by atoms with Gasteiger partial charge >= 0.3 is 0 Å². The van der Waals surface area contributed by atoms with Crippen LogP contribution in [-0.2, 0) is 13.6 Å². The smallest absolute Gasteiger partial charge is 0.123 e. The molecule has 0 saturated heterocycles. The van der Waals surface area contributed by atoms with E-state index in [0.29, 0.717) is 6.54 Å². The highest BCUT2D eigenvalue weighted by molar-refractivity contribution is 5.99. The first-order chi connectivity index (χ1) is 10.8. The Morgan fingerprint density at radius 3 is 2.77 bits per heavy atom. The fourth-order valence-corrected chi connectivity index (χ4v) is 2.57. The maximum absolute atomic E-state index is 5.33. The molecule has 1 N–H and O–H groups in total. The minimum atomic E-state index is 0.630. The van der Waals surface area contributed by atoms with Gasteiger partial charge in [-0.05, 0) is 12.1 Å². The number of hydrazone groups is 1. The van der Waals surface area contributed by atoms with Gasteiger partial charge in [-0.2, -0.15) is 5.10 Å². The Kier molecular flexibility index (Phi) is 4.10. The number of methoxy groups -OCH3 is 1. The number of nitrogens with one attached hydrogen (secondary N) is 1. The summed E-state index contributed by atoms with van der Waals surface area (Å²) in [7, 11) is 3.72. The molecule has 0 aliphatic carbocycles. The van der Waals surface area contributed by atoms with Crippen molar-refractivity contribution in [1.82, 2.24) is 9.99 Å². The molecule has 4 nitrogen and oxygen atoms in total. The van der Waals surface area contributed by atoms with Crippen molar-refractivity contribution in [2.75, 3.05) is 7.11 Å². The van der Waals surface area contributed by atoms with Crippen molar-refractivity contribution in [3.05, 3.63) is 65.9 Å². The summed E-state index contributed by atoms with van der Waals surface area (Å²) in [5, 5.41) is 5.53. The van der Waals surface area contributed by atoms with E-state index in [1.807, 2.05) is 49.7 Å². The van der Waals surface area contributed by atoms with Gasteiger partial charge in [-0.25, -0.2) is 0 Å². The van der Waals surface area contributed by atoms with Crippen LogP contribution in [-0.4, -0.2) is 17.9 Å². The number of hydrogen-bond acceptors (Lipinski definition) is 3. The van der Waals surface area contributed by atoms with Crippen LogP contribution < -0.4 is 10.2 Å². The topological polar surface area (TPSA) is 38.5 Å². The number of ether oxygens (including phenoxy) is 1. The average molecular weight is 293 g/mol. The van der Waals surface area contributed by atoms with E-state index in [1.165, 1.54) is 10.9 Å². The Morgan fingerprint density at radius 2 is 1.91 bits per heavy atom. The van der Waals surface area contributed by atoms with Gasteiger partial charge in [0.25, 0.3) is 0 Å². The second kappa shape index (κ2) is 6.35. The first-order valence-corrected chi connectivity index (χ1v) is 7.21. The van der Waals surface area contributed by atoms with Crippen molar-refractivity contribution < 1.29 is 4.74 Å². The minimum absolute atomic E-state index is 0.630. The monoisotopic (exact) mass is 293 g/mol. The summed E-state index contributed by atoms with van der Waals surface area (Å²) >= 11 is 0. The highest BCUT2D eigenvalue weighted by Gasteiger charge is 2.03. The highest BCUT2D eigenvalue weighted by atomic mass is 16.5. The predicted octanol–water partition coefficient (Wildman–Crippen LogP) is 3.31. The SMILES string of the molecule is COc1ccccc1CN/N=C/c1cn(C)c2ccccc12. The fourth-order valence-electron chi connectivity index (χ4n) is 2.57. The van der Waals surface area contributed by atoms with Crippen molar-refractivity contribution >= 4 is 17.1 Å². The largest absolute Gasteiger partial charge is 0.496 e. The minimum Gasteiger partial charge on any atom is -0.496 e. The first-order valence-electron chi connectivity index (χ1n) is 7.21. The van der Waals surface area contributed by atoms with Crippen LogP contribution in [0.5, 0.6) is 5.75 Å². The molecule has 0 radical (unpaired) electrons. The molecule has 112 valence electrons. The van der Waals surface area contributed by atoms with Crippen LogP contribution >= 0.6 is 0 Å². The third kappa shape index (κ3) is 2.81. The third-order valence-electron chi connectivity index (χ3n) is 3.68. The molecule has 0 amide bonds. The van der Waals surface area contributed by atoms with Crippen LogP contribution in [0.2, 0.25) is 0 Å². The normalized spacial score (nSPS) is 11.2. The standard InChI is InChI=1S/C18H19N3O/c1-21-13-15(16-8-4-5-9-17(16)21)12-20-19-11-14-7-3-6-10-18(14)22-2/h3-10,12-13,19H,11H2,1-2H3/b20-12+. The summed E-state index contributed by atoms with van der Waals surface area (Å²) in [6.45, 7) is 0.630. The third-order valence-corrected chi connectivity index (χ3v) is 3.68. The van der Waals surface area contributed by atoms with Gasteiger partial charge < -0.3 is 14.7 Å². The number of hydrogen-bond donors (Lipinski definition) is 1. The van der Waals surface area contributed by atoms with E-state index in [9.17, 15) is 0 Å². The zero-order valence-electron chi connectivity index (χ0n) is 12.8. The average Bonchev–Trinajstić information content (AvgIpc) is 2.89. The van der Waals surface area contributed by atoms with Crippen molar-refractivity contribution in [2.45, 2.75) is 6.54 Å². The molecule has 0 aliphatic heterocycles. The fraction of sp³-hybridized carbons (Fsp3) is 0.167. The molecule has 22 heavy (non-hydrogen) atoms. The van der Waals surface area contributed by atoms with Crippen LogP contribution in [0.4, 0.5) is 0 Å². The van der Waals surface area contributed by atoms with Crippen molar-refractivity contribution in [1.29, 1.82) is 0 Å². The zero-order chi connectivity index (χ0) is 15.4. The molecule has 0 saturated carbocycles. The number of fused-ring (bicyclic) bond motifs is 1. The van der Waals surface area contributed by atoms with E-state index < -0.39 is 0 Å². The lowest BCUT2D eigenvalue weighted by molar-refractivity contribution is 0.408. The molecule has 0 bridgehead atoms. The number of aromatic nitrogens is 1. The van der Waals surface area contributed by atoms with Crippen LogP contribution in [0.1, 0.15) is 11.1 Å². The summed E-state index contributed by atoms with van der Waals surface area (Å²) < 4.78 is 7.43. The maximum atomic E-state index is 5.33. The molecule has 1 heterocycles. The van der Waals surface area contributed by atoms with Gasteiger partial charge in [-0.15, -0.1) is 0 Å². The van der Waals surface area contributed by atoms with Gasteiger partial charge in [0.05, 0.1) is 19.9 Å². The molecule has 0 fully saturated rings. The van der Waals surface area contributed by atoms with E-state index in [0.717, 1.165) is 16.9 Å². The van der Waals surface area contributed by atoms with Crippen molar-refractivity contribution in [3.63, 3.8) is 0 Å². The number of nitrogens with zero attached hydrogens (tertiary/aromatic N) is 2. The summed E-state index contributed by atoms with van der Waals surface area (Å²) in [6, 6.07) is 16.2. The van der Waals surface area contributed by atoms with Crippen LogP contribution in [0.3, 0.4) is 0 Å². The summed E-state index contributed by atoms with van der Waals surface area (Å²) in [5.41, 5.74) is 6.47. The first kappa shape index (κ1) is 14.2. The van der Waals surface area contributed by atoms with Crippen molar-refractivity contribution in [2.24, 2.45) is 12.1 Å². The summed E-state index contributed by atoms with van der Waals surface area (Å²) in [4.78, 5) is 0. The molecule has 2 aromatic carbocycles. The molecule has 0 aliphatic rings. The van der Waals surface area contributed by atoms with Gasteiger partial charge in [0.1, 0.15) is 5.75 Å². The molecular formula is C18H19N3O. The van der Waals surface area contributed by atoms with E-state index >= 15 is 0 Å². The Labute approximate surface area is 130 Å². The van der Waals surface area contributed by atoms with Crippen LogP contribution in [0.25, 0.3) is 10.9 Å². The van der Waals surface area contributed by atoms with E-state index in [4.69, 9.17) is 4.74 Å². The highest BCUT2D eigenvalue weighted by Crippen LogP contribution is 2.19. The van der Waals surface area contributed by atoms with Gasteiger partial charge in [-0.1, -0.05) is 36.4 Å². The quantitative estimate of drug-likeness (QED) is 0.579. The number of rotatable bonds is 5. The molecule has 0 spiro atoms. The van der Waals surface area contributed by atoms with E-state index in [2.05, 4.69) is 33.4 Å². The Balaban J connectivity index is 1.72. The van der Waals surface area contributed by atoms with Gasteiger partial charge in [-0.3, -0.25) is 0 Å². The number of aryl methyl sites for hydroxylation is 1. The molecule has 3 aromatic rings. The van der Waals surface area contributed by atoms with Gasteiger partial charge in [0.15, 0.2) is 0 Å². The molecule has 4 heteroatoms. The summed E-state index contributed by atoms with van der Waals surface area (Å²) in [6.07, 6.45) is 3.94. The molecule has 3 rings (SSSR count). The lowest BCUT2D eigenvalue weighted by atomic mass is 10.2. The molecule has 0 atom stereocenters. The predicted molar refractivity (Wildman–Crippen MR) is 90.3 cm³/mol. The maximum Gasteiger partial charge on any atom is 0.123 e. The Bertz CT molecular complexity index is 805. The Hall–Kier alpha value is -2.75. The second-order valence-corrected chi connectivity index (χ2v) is 5.12. The molecular weight excluding hydrogens is 274 g/mol. The second-order valence-electron chi connectivity index (χ2n) is 5.12. The van der Waals surface area contributed by atoms with E-state index in [1.54, 1.807) is 7.11 Å². The lowest BCUT2D eigenvalue weighted by Gasteiger charge is -2.07. The van der Waals surface area contributed by atoms with Gasteiger partial charge in [0, 0.05) is 35.3 Å². The number of para-hydroxylation sites is 2. The number of benzene rings is 2.